The predicted molar refractivity (Wildman–Crippen MR) is 85.1 cm³/mol. The number of amides is 2. The molecule has 0 atom stereocenters. The maximum atomic E-state index is 11.8. The van der Waals surface area contributed by atoms with Gasteiger partial charge in [0.15, 0.2) is 19.0 Å². The molecule has 2 amide bonds. The van der Waals surface area contributed by atoms with Gasteiger partial charge >= 0.3 is 5.97 Å². The van der Waals surface area contributed by atoms with Crippen LogP contribution in [0.3, 0.4) is 0 Å². The molecule has 2 aromatic rings. The molecule has 24 heavy (non-hydrogen) atoms. The van der Waals surface area contributed by atoms with Crippen LogP contribution in [0.15, 0.2) is 48.8 Å². The predicted octanol–water partition coefficient (Wildman–Crippen LogP) is 1.07. The number of anilines is 2. The second-order valence-corrected chi connectivity index (χ2v) is 4.83. The third-order valence-electron chi connectivity index (χ3n) is 2.86. The summed E-state index contributed by atoms with van der Waals surface area (Å²) in [5.74, 6) is -1.40. The first kappa shape index (κ1) is 16.9. The summed E-state index contributed by atoms with van der Waals surface area (Å²) in [5, 5.41) is 16.0. The summed E-state index contributed by atoms with van der Waals surface area (Å²) in [4.78, 5) is 34.4. The second-order valence-electron chi connectivity index (χ2n) is 4.83. The highest BCUT2D eigenvalue weighted by Crippen LogP contribution is 2.13. The minimum Gasteiger partial charge on any atom is -0.619 e. The Morgan fingerprint density at radius 3 is 2.08 bits per heavy atom. The fourth-order valence-corrected chi connectivity index (χ4v) is 1.80. The summed E-state index contributed by atoms with van der Waals surface area (Å²) in [6.45, 7) is 0.936. The number of nitrogens with one attached hydrogen (secondary N) is 2. The summed E-state index contributed by atoms with van der Waals surface area (Å²) in [6, 6.07) is 9.07. The van der Waals surface area contributed by atoms with Crippen molar-refractivity contribution >= 4 is 29.2 Å². The molecule has 0 unspecified atom stereocenters. The molecule has 0 aliphatic carbocycles. The fourth-order valence-electron chi connectivity index (χ4n) is 1.80. The number of hydrogen-bond donors (Lipinski definition) is 2. The van der Waals surface area contributed by atoms with E-state index in [1.807, 2.05) is 0 Å². The standard InChI is InChI=1S/C16H15N3O5/c1-11(20)17-13-2-4-14(5-3-13)18-15(21)10-24-16(22)12-6-8-19(23)9-7-12/h2-9H,10H2,1H3,(H,17,20)(H,18,21). The molecule has 0 aliphatic heterocycles. The number of carbonyl (C=O) groups is 3. The summed E-state index contributed by atoms with van der Waals surface area (Å²) in [7, 11) is 0. The van der Waals surface area contributed by atoms with Crippen molar-refractivity contribution in [1.82, 2.24) is 0 Å². The van der Waals surface area contributed by atoms with Crippen molar-refractivity contribution in [2.45, 2.75) is 6.92 Å². The Balaban J connectivity index is 1.83. The minimum absolute atomic E-state index is 0.176. The second kappa shape index (κ2) is 7.73. The van der Waals surface area contributed by atoms with Gasteiger partial charge in [-0.3, -0.25) is 9.59 Å². The van der Waals surface area contributed by atoms with E-state index in [0.29, 0.717) is 16.1 Å². The SMILES string of the molecule is CC(=O)Nc1ccc(NC(=O)COC(=O)c2cc[n+]([O-])cc2)cc1. The molecular formula is C16H15N3O5. The zero-order valence-electron chi connectivity index (χ0n) is 12.8. The van der Waals surface area contributed by atoms with Gasteiger partial charge in [0.25, 0.3) is 5.91 Å². The van der Waals surface area contributed by atoms with Crippen molar-refractivity contribution in [2.24, 2.45) is 0 Å². The fraction of sp³-hybridized carbons (Fsp3) is 0.125. The van der Waals surface area contributed by atoms with Crippen molar-refractivity contribution in [3.8, 4) is 0 Å². The van der Waals surface area contributed by atoms with Gasteiger partial charge in [-0.1, -0.05) is 0 Å². The van der Waals surface area contributed by atoms with Crippen LogP contribution in [-0.2, 0) is 14.3 Å². The molecule has 0 fully saturated rings. The lowest BCUT2D eigenvalue weighted by molar-refractivity contribution is -0.605. The average molecular weight is 329 g/mol. The van der Waals surface area contributed by atoms with Crippen molar-refractivity contribution < 1.29 is 23.9 Å². The summed E-state index contributed by atoms with van der Waals surface area (Å²) in [5.41, 5.74) is 1.28. The van der Waals surface area contributed by atoms with Gasteiger partial charge in [-0.15, -0.1) is 0 Å². The average Bonchev–Trinajstić information content (AvgIpc) is 2.54. The first-order valence-electron chi connectivity index (χ1n) is 6.97. The van der Waals surface area contributed by atoms with Crippen molar-refractivity contribution in [3.05, 3.63) is 59.6 Å². The summed E-state index contributed by atoms with van der Waals surface area (Å²) in [6.07, 6.45) is 2.32. The van der Waals surface area contributed by atoms with Crippen LogP contribution >= 0.6 is 0 Å². The lowest BCUT2D eigenvalue weighted by Crippen LogP contribution is -2.25. The van der Waals surface area contributed by atoms with E-state index in [2.05, 4.69) is 10.6 Å². The minimum atomic E-state index is -0.702. The van der Waals surface area contributed by atoms with E-state index >= 15 is 0 Å². The van der Waals surface area contributed by atoms with Gasteiger partial charge in [0.2, 0.25) is 5.91 Å². The van der Waals surface area contributed by atoms with Gasteiger partial charge in [0, 0.05) is 30.4 Å². The largest absolute Gasteiger partial charge is 0.619 e. The highest BCUT2D eigenvalue weighted by Gasteiger charge is 2.11. The van der Waals surface area contributed by atoms with Crippen LogP contribution in [0.2, 0.25) is 0 Å². The Bertz CT molecular complexity index is 741. The molecular weight excluding hydrogens is 314 g/mol. The number of carbonyl (C=O) groups excluding carboxylic acids is 3. The van der Waals surface area contributed by atoms with Crippen molar-refractivity contribution in [2.75, 3.05) is 17.2 Å². The third-order valence-corrected chi connectivity index (χ3v) is 2.86. The van der Waals surface area contributed by atoms with Gasteiger partial charge in [0.05, 0.1) is 5.56 Å². The zero-order valence-corrected chi connectivity index (χ0v) is 12.8. The number of aromatic nitrogens is 1. The van der Waals surface area contributed by atoms with E-state index < -0.39 is 18.5 Å². The first-order chi connectivity index (χ1) is 11.4. The number of ether oxygens (including phenoxy) is 1. The summed E-state index contributed by atoms with van der Waals surface area (Å²) < 4.78 is 5.39. The lowest BCUT2D eigenvalue weighted by Gasteiger charge is -2.08. The van der Waals surface area contributed by atoms with E-state index in [1.54, 1.807) is 24.3 Å². The van der Waals surface area contributed by atoms with Crippen LogP contribution in [0.25, 0.3) is 0 Å². The first-order valence-corrected chi connectivity index (χ1v) is 6.97. The summed E-state index contributed by atoms with van der Waals surface area (Å²) >= 11 is 0. The number of pyridine rings is 1. The van der Waals surface area contributed by atoms with Crippen LogP contribution in [0, 0.1) is 5.21 Å². The topological polar surface area (TPSA) is 111 Å². The molecule has 0 saturated carbocycles. The Morgan fingerprint density at radius 2 is 1.54 bits per heavy atom. The number of nitrogens with zero attached hydrogens (tertiary/aromatic N) is 1. The highest BCUT2D eigenvalue weighted by atomic mass is 16.5. The lowest BCUT2D eigenvalue weighted by atomic mass is 10.2. The van der Waals surface area contributed by atoms with Gasteiger partial charge in [-0.05, 0) is 24.3 Å². The van der Waals surface area contributed by atoms with Crippen LogP contribution in [0.5, 0.6) is 0 Å². The number of esters is 1. The normalized spacial score (nSPS) is 9.88. The van der Waals surface area contributed by atoms with E-state index in [-0.39, 0.29) is 11.5 Å². The molecule has 1 aromatic heterocycles. The Morgan fingerprint density at radius 1 is 1.00 bits per heavy atom. The quantitative estimate of drug-likeness (QED) is 0.484. The van der Waals surface area contributed by atoms with Crippen LogP contribution in [0.1, 0.15) is 17.3 Å². The number of rotatable bonds is 5. The molecule has 0 saturated heterocycles. The van der Waals surface area contributed by atoms with Gasteiger partial charge in [-0.2, -0.15) is 4.73 Å². The van der Waals surface area contributed by atoms with E-state index in [9.17, 15) is 19.6 Å². The van der Waals surface area contributed by atoms with Crippen molar-refractivity contribution in [3.63, 3.8) is 0 Å². The third kappa shape index (κ3) is 5.09. The van der Waals surface area contributed by atoms with E-state index in [4.69, 9.17) is 4.74 Å². The van der Waals surface area contributed by atoms with Crippen molar-refractivity contribution in [1.29, 1.82) is 0 Å². The molecule has 2 N–H and O–H groups in total. The van der Waals surface area contributed by atoms with E-state index in [1.165, 1.54) is 19.1 Å². The number of benzene rings is 1. The Kier molecular flexibility index (Phi) is 5.45. The molecule has 0 bridgehead atoms. The number of hydrogen-bond acceptors (Lipinski definition) is 5. The van der Waals surface area contributed by atoms with Crippen LogP contribution in [0.4, 0.5) is 11.4 Å². The molecule has 0 spiro atoms. The maximum absolute atomic E-state index is 11.8. The van der Waals surface area contributed by atoms with Crippen LogP contribution in [-0.4, -0.2) is 24.4 Å². The molecule has 124 valence electrons. The monoisotopic (exact) mass is 329 g/mol. The molecule has 0 radical (unpaired) electrons. The molecule has 2 rings (SSSR count). The van der Waals surface area contributed by atoms with Gasteiger partial charge in [-0.25, -0.2) is 4.79 Å². The molecule has 1 aromatic carbocycles. The zero-order chi connectivity index (χ0) is 17.5. The molecule has 8 nitrogen and oxygen atoms in total. The Labute approximate surface area is 137 Å². The highest BCUT2D eigenvalue weighted by molar-refractivity contribution is 5.95. The molecule has 0 aliphatic rings. The van der Waals surface area contributed by atoms with E-state index in [0.717, 1.165) is 12.4 Å². The van der Waals surface area contributed by atoms with Gasteiger partial charge < -0.3 is 20.6 Å². The smallest absolute Gasteiger partial charge is 0.339 e. The molecule has 8 heteroatoms. The van der Waals surface area contributed by atoms with Crippen LogP contribution < -0.4 is 15.4 Å². The Hall–Kier alpha value is -3.42. The van der Waals surface area contributed by atoms with Gasteiger partial charge in [0.1, 0.15) is 0 Å². The molecule has 1 heterocycles. The maximum Gasteiger partial charge on any atom is 0.339 e.